The predicted molar refractivity (Wildman–Crippen MR) is 76.4 cm³/mol. The molecule has 3 N–H and O–H groups in total. The van der Waals surface area contributed by atoms with Crippen molar-refractivity contribution in [2.24, 2.45) is 12.8 Å². The first-order chi connectivity index (χ1) is 9.58. The molecule has 1 amide bonds. The van der Waals surface area contributed by atoms with Gasteiger partial charge in [-0.3, -0.25) is 9.48 Å². The molecule has 2 aromatic rings. The average molecular weight is 274 g/mol. The Bertz CT molecular complexity index is 590. The lowest BCUT2D eigenvalue weighted by Gasteiger charge is -2.07. The number of amides is 1. The van der Waals surface area contributed by atoms with E-state index in [1.165, 1.54) is 0 Å². The van der Waals surface area contributed by atoms with Crippen LogP contribution in [0, 0.1) is 6.92 Å². The number of ether oxygens (including phenoxy) is 1. The van der Waals surface area contributed by atoms with E-state index in [4.69, 9.17) is 10.5 Å². The maximum absolute atomic E-state index is 11.8. The van der Waals surface area contributed by atoms with Gasteiger partial charge in [0.05, 0.1) is 11.4 Å². The molecular weight excluding hydrogens is 256 g/mol. The van der Waals surface area contributed by atoms with E-state index in [1.54, 1.807) is 30.1 Å². The lowest BCUT2D eigenvalue weighted by atomic mass is 10.2. The van der Waals surface area contributed by atoms with Crippen LogP contribution in [0.4, 0.5) is 5.69 Å². The van der Waals surface area contributed by atoms with Gasteiger partial charge < -0.3 is 15.8 Å². The smallest absolute Gasteiger partial charge is 0.262 e. The van der Waals surface area contributed by atoms with E-state index < -0.39 is 0 Å². The van der Waals surface area contributed by atoms with E-state index >= 15 is 0 Å². The van der Waals surface area contributed by atoms with Crippen molar-refractivity contribution in [1.82, 2.24) is 9.78 Å². The summed E-state index contributed by atoms with van der Waals surface area (Å²) in [6, 6.07) is 7.34. The number of rotatable bonds is 5. The van der Waals surface area contributed by atoms with Crippen LogP contribution < -0.4 is 15.8 Å². The number of carbonyl (C=O) groups is 1. The van der Waals surface area contributed by atoms with Crippen molar-refractivity contribution in [3.8, 4) is 5.75 Å². The summed E-state index contributed by atoms with van der Waals surface area (Å²) in [5.74, 6) is 0.421. The number of aromatic nitrogens is 2. The van der Waals surface area contributed by atoms with Gasteiger partial charge in [-0.1, -0.05) is 12.1 Å². The fourth-order valence-corrected chi connectivity index (χ4v) is 1.78. The van der Waals surface area contributed by atoms with Crippen molar-refractivity contribution in [1.29, 1.82) is 0 Å². The molecule has 0 aliphatic carbocycles. The van der Waals surface area contributed by atoms with Crippen LogP contribution in [0.15, 0.2) is 30.5 Å². The third-order valence-corrected chi connectivity index (χ3v) is 2.82. The molecule has 6 heteroatoms. The van der Waals surface area contributed by atoms with Gasteiger partial charge in [-0.05, 0) is 24.6 Å². The van der Waals surface area contributed by atoms with Crippen molar-refractivity contribution >= 4 is 11.6 Å². The summed E-state index contributed by atoms with van der Waals surface area (Å²) in [5.41, 5.74) is 8.00. The highest BCUT2D eigenvalue weighted by atomic mass is 16.5. The van der Waals surface area contributed by atoms with E-state index in [0.717, 1.165) is 11.3 Å². The standard InChI is InChI=1S/C14H18N4O2/c1-10-13(8-18(2)17-10)16-14(19)9-20-12-5-3-11(7-15)4-6-12/h3-6,8H,7,9,15H2,1-2H3,(H,16,19). The summed E-state index contributed by atoms with van der Waals surface area (Å²) in [5, 5.41) is 6.91. The second-order valence-corrected chi connectivity index (χ2v) is 4.49. The Balaban J connectivity index is 1.87. The van der Waals surface area contributed by atoms with Crippen molar-refractivity contribution in [3.05, 3.63) is 41.7 Å². The second kappa shape index (κ2) is 6.21. The van der Waals surface area contributed by atoms with Crippen LogP contribution in [0.3, 0.4) is 0 Å². The maximum atomic E-state index is 11.8. The normalized spacial score (nSPS) is 10.3. The van der Waals surface area contributed by atoms with Crippen molar-refractivity contribution < 1.29 is 9.53 Å². The fourth-order valence-electron chi connectivity index (χ4n) is 1.78. The van der Waals surface area contributed by atoms with E-state index in [-0.39, 0.29) is 12.5 Å². The summed E-state index contributed by atoms with van der Waals surface area (Å²) in [6.07, 6.45) is 1.75. The number of hydrogen-bond donors (Lipinski definition) is 2. The number of benzene rings is 1. The van der Waals surface area contributed by atoms with E-state index in [2.05, 4.69) is 10.4 Å². The number of nitrogens with one attached hydrogen (secondary N) is 1. The average Bonchev–Trinajstić information content (AvgIpc) is 2.75. The number of carbonyl (C=O) groups excluding carboxylic acids is 1. The Morgan fingerprint density at radius 2 is 2.10 bits per heavy atom. The lowest BCUT2D eigenvalue weighted by molar-refractivity contribution is -0.118. The lowest BCUT2D eigenvalue weighted by Crippen LogP contribution is -2.20. The van der Waals surface area contributed by atoms with Crippen molar-refractivity contribution in [3.63, 3.8) is 0 Å². The van der Waals surface area contributed by atoms with Gasteiger partial charge in [-0.15, -0.1) is 0 Å². The predicted octanol–water partition coefficient (Wildman–Crippen LogP) is 1.20. The quantitative estimate of drug-likeness (QED) is 0.858. The molecule has 0 spiro atoms. The van der Waals surface area contributed by atoms with Crippen molar-refractivity contribution in [2.45, 2.75) is 13.5 Å². The van der Waals surface area contributed by atoms with Gasteiger partial charge in [0.2, 0.25) is 0 Å². The highest BCUT2D eigenvalue weighted by molar-refractivity contribution is 5.92. The van der Waals surface area contributed by atoms with Crippen LogP contribution in [-0.4, -0.2) is 22.3 Å². The topological polar surface area (TPSA) is 82.2 Å². The molecule has 2 rings (SSSR count). The molecule has 1 aromatic heterocycles. The van der Waals surface area contributed by atoms with E-state index in [1.807, 2.05) is 19.1 Å². The summed E-state index contributed by atoms with van der Waals surface area (Å²) in [6.45, 7) is 2.28. The molecule has 20 heavy (non-hydrogen) atoms. The monoisotopic (exact) mass is 274 g/mol. The molecule has 0 aliphatic heterocycles. The summed E-state index contributed by atoms with van der Waals surface area (Å²) in [7, 11) is 1.80. The van der Waals surface area contributed by atoms with Crippen LogP contribution in [-0.2, 0) is 18.4 Å². The van der Waals surface area contributed by atoms with Gasteiger partial charge in [0.1, 0.15) is 5.75 Å². The maximum Gasteiger partial charge on any atom is 0.262 e. The Morgan fingerprint density at radius 3 is 2.65 bits per heavy atom. The molecule has 0 saturated heterocycles. The van der Waals surface area contributed by atoms with Gasteiger partial charge in [0.25, 0.3) is 5.91 Å². The van der Waals surface area contributed by atoms with E-state index in [9.17, 15) is 4.79 Å². The first-order valence-electron chi connectivity index (χ1n) is 6.30. The minimum atomic E-state index is -0.219. The van der Waals surface area contributed by atoms with Crippen LogP contribution in [0.1, 0.15) is 11.3 Å². The molecule has 0 bridgehead atoms. The molecule has 0 saturated carbocycles. The van der Waals surface area contributed by atoms with Crippen LogP contribution in [0.25, 0.3) is 0 Å². The third kappa shape index (κ3) is 3.58. The summed E-state index contributed by atoms with van der Waals surface area (Å²) in [4.78, 5) is 11.8. The largest absolute Gasteiger partial charge is 0.484 e. The molecule has 0 unspecified atom stereocenters. The van der Waals surface area contributed by atoms with Crippen LogP contribution in [0.5, 0.6) is 5.75 Å². The summed E-state index contributed by atoms with van der Waals surface area (Å²) < 4.78 is 7.06. The molecule has 1 aromatic carbocycles. The molecule has 1 heterocycles. The van der Waals surface area contributed by atoms with Gasteiger partial charge in [-0.25, -0.2) is 0 Å². The minimum absolute atomic E-state index is 0.0453. The Hall–Kier alpha value is -2.34. The molecule has 0 radical (unpaired) electrons. The van der Waals surface area contributed by atoms with Gasteiger partial charge >= 0.3 is 0 Å². The van der Waals surface area contributed by atoms with Crippen LogP contribution in [0.2, 0.25) is 0 Å². The highest BCUT2D eigenvalue weighted by Crippen LogP contribution is 2.13. The van der Waals surface area contributed by atoms with Gasteiger partial charge in [-0.2, -0.15) is 5.10 Å². The molecule has 0 atom stereocenters. The molecular formula is C14H18N4O2. The third-order valence-electron chi connectivity index (χ3n) is 2.82. The minimum Gasteiger partial charge on any atom is -0.484 e. The Labute approximate surface area is 117 Å². The molecule has 106 valence electrons. The van der Waals surface area contributed by atoms with Gasteiger partial charge in [0.15, 0.2) is 6.61 Å². The zero-order valence-electron chi connectivity index (χ0n) is 11.6. The van der Waals surface area contributed by atoms with Gasteiger partial charge in [0, 0.05) is 19.8 Å². The Morgan fingerprint density at radius 1 is 1.40 bits per heavy atom. The van der Waals surface area contributed by atoms with E-state index in [0.29, 0.717) is 18.0 Å². The zero-order chi connectivity index (χ0) is 14.5. The number of anilines is 1. The fraction of sp³-hybridized carbons (Fsp3) is 0.286. The Kier molecular flexibility index (Phi) is 4.37. The first kappa shape index (κ1) is 14.1. The zero-order valence-corrected chi connectivity index (χ0v) is 11.6. The number of hydrogen-bond acceptors (Lipinski definition) is 4. The van der Waals surface area contributed by atoms with Crippen LogP contribution >= 0.6 is 0 Å². The number of aryl methyl sites for hydroxylation is 2. The molecule has 0 aliphatic rings. The highest BCUT2D eigenvalue weighted by Gasteiger charge is 2.08. The van der Waals surface area contributed by atoms with Crippen molar-refractivity contribution in [2.75, 3.05) is 11.9 Å². The number of nitrogens with two attached hydrogens (primary N) is 1. The first-order valence-corrected chi connectivity index (χ1v) is 6.30. The number of nitrogens with zero attached hydrogens (tertiary/aromatic N) is 2. The second-order valence-electron chi connectivity index (χ2n) is 4.49. The molecule has 0 fully saturated rings. The summed E-state index contributed by atoms with van der Waals surface area (Å²) >= 11 is 0. The molecule has 6 nitrogen and oxygen atoms in total. The SMILES string of the molecule is Cc1nn(C)cc1NC(=O)COc1ccc(CN)cc1.